The molecule has 71 heavy (non-hydrogen) atoms. The molecular weight excluding hydrogens is 963 g/mol. The van der Waals surface area contributed by atoms with E-state index in [1.54, 1.807) is 20.1 Å². The molecule has 0 bridgehead atoms. The fraction of sp³-hybridized carbons (Fsp3) is 0.711. The molecule has 9 atom stereocenters. The highest BCUT2D eigenvalue weighted by Gasteiger charge is 2.34. The first-order valence-electron chi connectivity index (χ1n) is 23.8. The molecular formula is C45H79N13O11S2. The van der Waals surface area contributed by atoms with Crippen molar-refractivity contribution in [2.45, 2.75) is 160 Å². The van der Waals surface area contributed by atoms with E-state index in [1.807, 2.05) is 20.1 Å². The predicted octanol–water partition coefficient (Wildman–Crippen LogP) is -1.72. The molecule has 402 valence electrons. The molecule has 1 rings (SSSR count). The zero-order valence-electron chi connectivity index (χ0n) is 42.2. The second-order valence-electron chi connectivity index (χ2n) is 18.2. The van der Waals surface area contributed by atoms with Crippen molar-refractivity contribution < 1.29 is 53.1 Å². The highest BCUT2D eigenvalue weighted by Crippen LogP contribution is 2.11. The number of thioether (sulfide) groups is 2. The summed E-state index contributed by atoms with van der Waals surface area (Å²) in [4.78, 5) is 139. The monoisotopic (exact) mass is 1040 g/mol. The maximum absolute atomic E-state index is 13.9. The zero-order valence-corrected chi connectivity index (χ0v) is 43.9. The summed E-state index contributed by atoms with van der Waals surface area (Å²) in [6.45, 7) is 10.5. The van der Waals surface area contributed by atoms with E-state index in [4.69, 9.17) is 17.2 Å². The molecule has 0 aromatic carbocycles. The lowest BCUT2D eigenvalue weighted by atomic mass is 10.0. The number of nitrogens with one attached hydrogen (secondary N) is 9. The van der Waals surface area contributed by atoms with E-state index >= 15 is 0 Å². The molecule has 1 aromatic rings. The Kier molecular flexibility index (Phi) is 30.4. The van der Waals surface area contributed by atoms with Crippen molar-refractivity contribution in [3.63, 3.8) is 0 Å². The van der Waals surface area contributed by atoms with Crippen LogP contribution in [0.5, 0.6) is 0 Å². The summed E-state index contributed by atoms with van der Waals surface area (Å²) < 4.78 is 0. The number of hydrogen-bond donors (Lipinski definition) is 13. The molecule has 0 unspecified atom stereocenters. The zero-order chi connectivity index (χ0) is 53.8. The van der Waals surface area contributed by atoms with E-state index in [0.29, 0.717) is 43.0 Å². The minimum Gasteiger partial charge on any atom is -0.480 e. The number of carboxylic acid groups (broad SMARTS) is 1. The maximum Gasteiger partial charge on any atom is 0.326 e. The normalized spacial score (nSPS) is 15.0. The minimum atomic E-state index is -1.45. The largest absolute Gasteiger partial charge is 0.480 e. The molecule has 0 fully saturated rings. The van der Waals surface area contributed by atoms with Crippen molar-refractivity contribution in [3.8, 4) is 0 Å². The van der Waals surface area contributed by atoms with Crippen LogP contribution in [-0.2, 0) is 54.4 Å². The molecule has 26 heteroatoms. The number of aliphatic carboxylic acids is 1. The highest BCUT2D eigenvalue weighted by molar-refractivity contribution is 7.98. The maximum atomic E-state index is 13.9. The number of carbonyl (C=O) groups is 10. The Morgan fingerprint density at radius 2 is 1.00 bits per heavy atom. The van der Waals surface area contributed by atoms with Gasteiger partial charge < -0.3 is 69.8 Å². The molecule has 0 saturated carbocycles. The molecule has 0 radical (unpaired) electrons. The van der Waals surface area contributed by atoms with Gasteiger partial charge in [-0.05, 0) is 101 Å². The Hall–Kier alpha value is -5.47. The van der Waals surface area contributed by atoms with E-state index in [2.05, 4.69) is 52.5 Å². The van der Waals surface area contributed by atoms with Crippen LogP contribution < -0.4 is 59.7 Å². The van der Waals surface area contributed by atoms with Crippen LogP contribution in [0.1, 0.15) is 105 Å². The van der Waals surface area contributed by atoms with Gasteiger partial charge in [0, 0.05) is 24.7 Å². The lowest BCUT2D eigenvalue weighted by molar-refractivity contribution is -0.142. The number of amides is 9. The van der Waals surface area contributed by atoms with Crippen LogP contribution in [-0.4, -0.2) is 159 Å². The Morgan fingerprint density at radius 1 is 0.577 bits per heavy atom. The molecule has 0 aliphatic carbocycles. The number of carboxylic acids is 1. The van der Waals surface area contributed by atoms with Gasteiger partial charge in [0.25, 0.3) is 0 Å². The molecule has 0 aliphatic rings. The average molecular weight is 1040 g/mol. The number of unbranched alkanes of at least 4 members (excludes halogenated alkanes) is 1. The Bertz CT molecular complexity index is 1890. The number of primary amides is 1. The van der Waals surface area contributed by atoms with Gasteiger partial charge in [0.2, 0.25) is 53.2 Å². The van der Waals surface area contributed by atoms with Crippen LogP contribution in [0.25, 0.3) is 0 Å². The van der Waals surface area contributed by atoms with Crippen molar-refractivity contribution in [3.05, 3.63) is 18.2 Å². The van der Waals surface area contributed by atoms with E-state index in [-0.39, 0.29) is 56.8 Å². The molecule has 9 amide bonds. The van der Waals surface area contributed by atoms with Crippen molar-refractivity contribution in [1.82, 2.24) is 52.5 Å². The van der Waals surface area contributed by atoms with Crippen LogP contribution >= 0.6 is 23.5 Å². The lowest BCUT2D eigenvalue weighted by Crippen LogP contribution is -2.60. The second-order valence-corrected chi connectivity index (χ2v) is 20.1. The summed E-state index contributed by atoms with van der Waals surface area (Å²) in [6.07, 6.45) is 7.89. The average Bonchev–Trinajstić information content (AvgIpc) is 3.82. The third-order valence-electron chi connectivity index (χ3n) is 10.9. The van der Waals surface area contributed by atoms with Gasteiger partial charge in [-0.15, -0.1) is 0 Å². The van der Waals surface area contributed by atoms with Crippen LogP contribution in [0.3, 0.4) is 0 Å². The topological polar surface area (TPSA) is 394 Å². The van der Waals surface area contributed by atoms with Crippen LogP contribution in [0.2, 0.25) is 0 Å². The van der Waals surface area contributed by atoms with Gasteiger partial charge in [-0.25, -0.2) is 9.78 Å². The van der Waals surface area contributed by atoms with Crippen molar-refractivity contribution in [1.29, 1.82) is 0 Å². The SMILES string of the molecule is CSCC[C@H](NC(=O)[C@H](C)NC(=O)[C@H](CCSC)NC(=O)[C@H](CC(C)C)NC(=O)[C@@H](N)CCCCN)C(=O)N[C@@H](CCC(N)=O)C(=O)N[C@@H](C)C(=O)N[C@@H](Cc1cnc[nH]1)C(=O)N[C@@H](CC(C)C)C(=O)O. The van der Waals surface area contributed by atoms with Gasteiger partial charge in [0.05, 0.1) is 12.4 Å². The molecule has 1 aromatic heterocycles. The molecule has 0 aliphatic heterocycles. The summed E-state index contributed by atoms with van der Waals surface area (Å²) in [5.74, 6) is -7.33. The number of nitrogens with zero attached hydrogens (tertiary/aromatic N) is 1. The Balaban J connectivity index is 3.21. The third kappa shape index (κ3) is 25.5. The third-order valence-corrected chi connectivity index (χ3v) is 12.2. The molecule has 0 saturated heterocycles. The van der Waals surface area contributed by atoms with Gasteiger partial charge in [0.1, 0.15) is 48.3 Å². The predicted molar refractivity (Wildman–Crippen MR) is 271 cm³/mol. The van der Waals surface area contributed by atoms with Crippen LogP contribution in [0.4, 0.5) is 0 Å². The van der Waals surface area contributed by atoms with Gasteiger partial charge >= 0.3 is 5.97 Å². The Labute approximate surface area is 424 Å². The van der Waals surface area contributed by atoms with Gasteiger partial charge in [-0.3, -0.25) is 43.2 Å². The first kappa shape index (κ1) is 63.5. The first-order chi connectivity index (χ1) is 33.4. The molecule has 24 nitrogen and oxygen atoms in total. The van der Waals surface area contributed by atoms with E-state index in [9.17, 15) is 53.1 Å². The summed E-state index contributed by atoms with van der Waals surface area (Å²) in [6, 6.07) is -10.8. The number of hydrogen-bond acceptors (Lipinski definition) is 15. The summed E-state index contributed by atoms with van der Waals surface area (Å²) >= 11 is 2.79. The molecule has 0 spiro atoms. The Morgan fingerprint density at radius 3 is 1.45 bits per heavy atom. The summed E-state index contributed by atoms with van der Waals surface area (Å²) in [5, 5.41) is 30.4. The van der Waals surface area contributed by atoms with Gasteiger partial charge in [-0.2, -0.15) is 23.5 Å². The van der Waals surface area contributed by atoms with E-state index < -0.39 is 114 Å². The number of H-pyrrole nitrogens is 1. The number of nitrogens with two attached hydrogens (primary N) is 3. The number of carbonyl (C=O) groups excluding carboxylic acids is 9. The fourth-order valence-electron chi connectivity index (χ4n) is 6.87. The van der Waals surface area contributed by atoms with Crippen LogP contribution in [0.15, 0.2) is 12.5 Å². The smallest absolute Gasteiger partial charge is 0.326 e. The van der Waals surface area contributed by atoms with Gasteiger partial charge in [-0.1, -0.05) is 34.1 Å². The quantitative estimate of drug-likeness (QED) is 0.0332. The van der Waals surface area contributed by atoms with Crippen molar-refractivity contribution in [2.24, 2.45) is 29.0 Å². The highest BCUT2D eigenvalue weighted by atomic mass is 32.2. The lowest BCUT2D eigenvalue weighted by Gasteiger charge is -2.27. The molecule has 16 N–H and O–H groups in total. The standard InChI is InChI=1S/C45H79N13O11S2/c1-24(2)19-33(57-39(62)29(47)11-9-10-16-46)43(66)55-31(14-17-70-7)41(64)52-26(5)37(60)53-32(15-18-71-8)42(65)54-30(12-13-36(48)59)40(63)51-27(6)38(61)56-34(21-28-22-49-23-50-28)44(67)58-35(45(68)69)20-25(3)4/h22-27,29-35H,9-21,46-47H2,1-8H3,(H2,48,59)(H,49,50)(H,51,63)(H,52,64)(H,53,60)(H,54,65)(H,55,66)(H,56,61)(H,57,62)(H,58,67)(H,68,69)/t26-,27-,29-,30-,31-,32-,33-,34-,35-/m0/s1. The number of aromatic amines is 1. The summed E-state index contributed by atoms with van der Waals surface area (Å²) in [5.41, 5.74) is 17.5. The number of imidazole rings is 1. The first-order valence-corrected chi connectivity index (χ1v) is 26.6. The fourth-order valence-corrected chi connectivity index (χ4v) is 7.82. The van der Waals surface area contributed by atoms with Crippen molar-refractivity contribution >= 4 is 82.7 Å². The van der Waals surface area contributed by atoms with E-state index in [0.717, 1.165) is 0 Å². The van der Waals surface area contributed by atoms with E-state index in [1.165, 1.54) is 49.9 Å². The number of aromatic nitrogens is 2. The molecule has 1 heterocycles. The van der Waals surface area contributed by atoms with Gasteiger partial charge in [0.15, 0.2) is 0 Å². The number of rotatable bonds is 36. The minimum absolute atomic E-state index is 0.0176. The summed E-state index contributed by atoms with van der Waals surface area (Å²) in [7, 11) is 0. The second kappa shape index (κ2) is 34.0. The van der Waals surface area contributed by atoms with Crippen molar-refractivity contribution in [2.75, 3.05) is 30.6 Å². The van der Waals surface area contributed by atoms with Crippen LogP contribution in [0, 0.1) is 11.8 Å².